The largest absolute Gasteiger partial charge is 0.330 e. The fraction of sp³-hybridized carbons (Fsp3) is 0.444. The quantitative estimate of drug-likeness (QED) is 0.519. The van der Waals surface area contributed by atoms with E-state index in [1.807, 2.05) is 0 Å². The van der Waals surface area contributed by atoms with Crippen LogP contribution >= 0.6 is 0 Å². The van der Waals surface area contributed by atoms with Gasteiger partial charge in [-0.15, -0.1) is 0 Å². The second-order valence-electron chi connectivity index (χ2n) is 6.23. The summed E-state index contributed by atoms with van der Waals surface area (Å²) in [5.74, 6) is 0. The number of aromatic nitrogens is 2. The molecule has 0 saturated carbocycles. The van der Waals surface area contributed by atoms with E-state index >= 15 is 0 Å². The van der Waals surface area contributed by atoms with Gasteiger partial charge in [-0.3, -0.25) is 19.5 Å². The first-order valence-corrected chi connectivity index (χ1v) is 8.55. The molecule has 140 valence electrons. The highest BCUT2D eigenvalue weighted by Crippen LogP contribution is 2.12. The summed E-state index contributed by atoms with van der Waals surface area (Å²) in [4.78, 5) is 36.3. The summed E-state index contributed by atoms with van der Waals surface area (Å²) in [7, 11) is 3.14. The molecule has 2 aromatic rings. The van der Waals surface area contributed by atoms with Gasteiger partial charge < -0.3 is 9.47 Å². The van der Waals surface area contributed by atoms with E-state index in [0.29, 0.717) is 12.1 Å². The summed E-state index contributed by atoms with van der Waals surface area (Å²) in [6.07, 6.45) is 1.39. The normalized spacial score (nSPS) is 11.1. The molecule has 0 aliphatic heterocycles. The zero-order valence-corrected chi connectivity index (χ0v) is 15.3. The van der Waals surface area contributed by atoms with Gasteiger partial charge in [0.05, 0.1) is 4.92 Å². The zero-order chi connectivity index (χ0) is 19.3. The molecule has 0 atom stereocenters. The first-order chi connectivity index (χ1) is 12.3. The van der Waals surface area contributed by atoms with Gasteiger partial charge in [0.15, 0.2) is 0 Å². The van der Waals surface area contributed by atoms with E-state index in [-0.39, 0.29) is 16.9 Å². The Balaban J connectivity index is 1.97. The number of benzene rings is 1. The Kier molecular flexibility index (Phi) is 6.46. The Morgan fingerprint density at radius 1 is 1.04 bits per heavy atom. The van der Waals surface area contributed by atoms with E-state index in [2.05, 4.69) is 11.8 Å². The maximum atomic E-state index is 12.0. The average molecular weight is 360 g/mol. The predicted octanol–water partition coefficient (Wildman–Crippen LogP) is 1.10. The molecule has 0 radical (unpaired) electrons. The molecular weight excluding hydrogens is 336 g/mol. The van der Waals surface area contributed by atoms with Crippen LogP contribution in [-0.2, 0) is 26.9 Å². The van der Waals surface area contributed by atoms with Crippen molar-refractivity contribution >= 4 is 5.69 Å². The van der Waals surface area contributed by atoms with Gasteiger partial charge in [0, 0.05) is 57.5 Å². The van der Waals surface area contributed by atoms with Crippen LogP contribution in [-0.4, -0.2) is 38.6 Å². The van der Waals surface area contributed by atoms with Gasteiger partial charge in [-0.25, -0.2) is 4.79 Å². The molecule has 26 heavy (non-hydrogen) atoms. The van der Waals surface area contributed by atoms with Gasteiger partial charge in [0.1, 0.15) is 0 Å². The van der Waals surface area contributed by atoms with Crippen molar-refractivity contribution in [3.05, 3.63) is 72.5 Å². The van der Waals surface area contributed by atoms with Crippen molar-refractivity contribution in [3.63, 3.8) is 0 Å². The number of hydrogen-bond donors (Lipinski definition) is 0. The second kappa shape index (κ2) is 8.57. The molecule has 1 aromatic heterocycles. The van der Waals surface area contributed by atoms with Crippen LogP contribution in [0.25, 0.3) is 0 Å². The Morgan fingerprint density at radius 3 is 2.23 bits per heavy atom. The molecule has 0 bridgehead atoms. The minimum atomic E-state index is -0.406. The third-order valence-electron chi connectivity index (χ3n) is 4.62. The van der Waals surface area contributed by atoms with Crippen molar-refractivity contribution < 1.29 is 4.92 Å². The molecule has 1 aromatic carbocycles. The van der Waals surface area contributed by atoms with Gasteiger partial charge in [0.2, 0.25) is 0 Å². The van der Waals surface area contributed by atoms with Gasteiger partial charge >= 0.3 is 5.69 Å². The summed E-state index contributed by atoms with van der Waals surface area (Å²) in [5, 5.41) is 10.7. The van der Waals surface area contributed by atoms with Gasteiger partial charge in [-0.2, -0.15) is 0 Å². The van der Waals surface area contributed by atoms with Crippen LogP contribution in [0.3, 0.4) is 0 Å². The van der Waals surface area contributed by atoms with Crippen molar-refractivity contribution in [3.8, 4) is 0 Å². The van der Waals surface area contributed by atoms with Crippen molar-refractivity contribution in [2.75, 3.05) is 19.6 Å². The van der Waals surface area contributed by atoms with Gasteiger partial charge in [-0.1, -0.05) is 19.1 Å². The van der Waals surface area contributed by atoms with E-state index < -0.39 is 4.92 Å². The maximum absolute atomic E-state index is 12.0. The van der Waals surface area contributed by atoms with Crippen LogP contribution in [0.5, 0.6) is 0 Å². The van der Waals surface area contributed by atoms with E-state index in [0.717, 1.165) is 36.2 Å². The van der Waals surface area contributed by atoms with Crippen molar-refractivity contribution in [1.29, 1.82) is 0 Å². The lowest BCUT2D eigenvalue weighted by Crippen LogP contribution is -2.39. The standard InChI is InChI=1S/C18H24N4O4/c1-4-21(11-9-14-5-7-15(8-6-14)22(25)26)12-10-16-13-17(23)20(3)18(24)19(16)2/h5-8,13H,4,9-12H2,1-3H3. The molecule has 0 aliphatic carbocycles. The molecule has 1 heterocycles. The molecule has 8 heteroatoms. The Morgan fingerprint density at radius 2 is 1.65 bits per heavy atom. The van der Waals surface area contributed by atoms with E-state index in [1.165, 1.54) is 29.8 Å². The molecule has 2 rings (SSSR count). The van der Waals surface area contributed by atoms with Crippen LogP contribution in [0.15, 0.2) is 39.9 Å². The van der Waals surface area contributed by atoms with Crippen molar-refractivity contribution in [1.82, 2.24) is 14.0 Å². The predicted molar refractivity (Wildman–Crippen MR) is 99.5 cm³/mol. The highest BCUT2D eigenvalue weighted by Gasteiger charge is 2.09. The molecule has 0 amide bonds. The Labute approximate surface area is 151 Å². The lowest BCUT2D eigenvalue weighted by atomic mass is 10.1. The molecule has 0 unspecified atom stereocenters. The number of rotatable bonds is 8. The van der Waals surface area contributed by atoms with Crippen molar-refractivity contribution in [2.24, 2.45) is 14.1 Å². The van der Waals surface area contributed by atoms with E-state index in [4.69, 9.17) is 0 Å². The Hall–Kier alpha value is -2.74. The highest BCUT2D eigenvalue weighted by atomic mass is 16.6. The maximum Gasteiger partial charge on any atom is 0.330 e. The minimum absolute atomic E-state index is 0.0904. The molecule has 0 fully saturated rings. The summed E-state index contributed by atoms with van der Waals surface area (Å²) in [6, 6.07) is 8.08. The van der Waals surface area contributed by atoms with E-state index in [9.17, 15) is 19.7 Å². The number of nitro benzene ring substituents is 1. The molecule has 0 aliphatic rings. The molecule has 0 saturated heterocycles. The summed E-state index contributed by atoms with van der Waals surface area (Å²) in [5.41, 5.74) is 1.23. The lowest BCUT2D eigenvalue weighted by Gasteiger charge is -2.21. The second-order valence-corrected chi connectivity index (χ2v) is 6.23. The first kappa shape index (κ1) is 19.6. The van der Waals surface area contributed by atoms with Crippen LogP contribution in [0.2, 0.25) is 0 Å². The fourth-order valence-electron chi connectivity index (χ4n) is 2.79. The smallest absolute Gasteiger partial charge is 0.303 e. The van der Waals surface area contributed by atoms with Gasteiger partial charge in [0.25, 0.3) is 11.2 Å². The van der Waals surface area contributed by atoms with E-state index in [1.54, 1.807) is 19.2 Å². The highest BCUT2D eigenvalue weighted by molar-refractivity contribution is 5.32. The fourth-order valence-corrected chi connectivity index (χ4v) is 2.79. The third-order valence-corrected chi connectivity index (χ3v) is 4.62. The first-order valence-electron chi connectivity index (χ1n) is 8.55. The van der Waals surface area contributed by atoms with Crippen molar-refractivity contribution in [2.45, 2.75) is 19.8 Å². The topological polar surface area (TPSA) is 90.4 Å². The molecule has 0 N–H and O–H groups in total. The summed E-state index contributed by atoms with van der Waals surface area (Å²) in [6.45, 7) is 4.42. The zero-order valence-electron chi connectivity index (χ0n) is 15.3. The van der Waals surface area contributed by atoms with Crippen LogP contribution in [0, 0.1) is 10.1 Å². The summed E-state index contributed by atoms with van der Waals surface area (Å²) < 4.78 is 2.60. The molecule has 8 nitrogen and oxygen atoms in total. The number of hydrogen-bond acceptors (Lipinski definition) is 5. The van der Waals surface area contributed by atoms with Gasteiger partial charge in [-0.05, 0) is 18.5 Å². The minimum Gasteiger partial charge on any atom is -0.303 e. The number of nitro groups is 1. The SMILES string of the molecule is CCN(CCc1ccc([N+](=O)[O-])cc1)CCc1cc(=O)n(C)c(=O)n1C. The number of nitrogens with zero attached hydrogens (tertiary/aromatic N) is 4. The number of non-ortho nitro benzene ring substituents is 1. The third kappa shape index (κ3) is 4.66. The summed E-state index contributed by atoms with van der Waals surface area (Å²) >= 11 is 0. The lowest BCUT2D eigenvalue weighted by molar-refractivity contribution is -0.384. The Bertz CT molecular complexity index is 884. The number of likely N-dealkylation sites (N-methyl/N-ethyl adjacent to an activating group) is 1. The molecular formula is C18H24N4O4. The van der Waals surface area contributed by atoms with Crippen LogP contribution in [0.1, 0.15) is 18.2 Å². The monoisotopic (exact) mass is 360 g/mol. The molecule has 0 spiro atoms. The van der Waals surface area contributed by atoms with Crippen LogP contribution in [0.4, 0.5) is 5.69 Å². The van der Waals surface area contributed by atoms with Crippen LogP contribution < -0.4 is 11.2 Å². The average Bonchev–Trinajstić information content (AvgIpc) is 2.64.